The van der Waals surface area contributed by atoms with Crippen LogP contribution >= 0.6 is 7.82 Å². The molecule has 0 aliphatic heterocycles. The van der Waals surface area contributed by atoms with Gasteiger partial charge in [-0.1, -0.05) is 18.2 Å². The van der Waals surface area contributed by atoms with Crippen LogP contribution in [0.2, 0.25) is 0 Å². The van der Waals surface area contributed by atoms with Crippen molar-refractivity contribution in [1.29, 1.82) is 0 Å². The Morgan fingerprint density at radius 2 is 0.793 bits per heavy atom. The number of aromatic nitrogens is 3. The Balaban J connectivity index is 0.000000367. The first kappa shape index (κ1) is 26.6. The largest absolute Gasteiger partial charge is 0.822 e. The van der Waals surface area contributed by atoms with Crippen molar-refractivity contribution < 1.29 is 32.9 Å². The predicted octanol–water partition coefficient (Wildman–Crippen LogP) is -0.366. The first-order valence-corrected chi connectivity index (χ1v) is 10.3. The second-order valence-corrected chi connectivity index (χ2v) is 7.20. The smallest absolute Gasteiger partial charge is 0.177 e. The van der Waals surface area contributed by atoms with E-state index >= 15 is 0 Å². The third-order valence-corrected chi connectivity index (χ3v) is 3.94. The molecule has 29 heavy (non-hydrogen) atoms. The Hall–Kier alpha value is -2.44. The standard InChI is InChI=1S/3C7H10N.H3O4P/c3*1-7-5-3-4-6-8(7)2;1-5(2,3)4/h3*3-6H,1-2H3;(H3,1,2,3,4)/q3*+1;/p-3. The molecule has 0 amide bonds. The molecule has 0 bridgehead atoms. The molecule has 0 fully saturated rings. The fraction of sp³-hybridized carbons (Fsp3) is 0.286. The van der Waals surface area contributed by atoms with Crippen LogP contribution in [0, 0.1) is 20.8 Å². The van der Waals surface area contributed by atoms with Crippen LogP contribution in [0.3, 0.4) is 0 Å². The van der Waals surface area contributed by atoms with Gasteiger partial charge in [-0.3, -0.25) is 0 Å². The molecule has 7 nitrogen and oxygen atoms in total. The summed E-state index contributed by atoms with van der Waals surface area (Å²) in [7, 11) is 0.722. The van der Waals surface area contributed by atoms with E-state index in [4.69, 9.17) is 19.2 Å². The quantitative estimate of drug-likeness (QED) is 0.367. The average molecular weight is 419 g/mol. The van der Waals surface area contributed by atoms with Crippen LogP contribution in [-0.2, 0) is 25.7 Å². The van der Waals surface area contributed by atoms with Gasteiger partial charge in [-0.15, -0.1) is 0 Å². The van der Waals surface area contributed by atoms with Gasteiger partial charge in [0.2, 0.25) is 0 Å². The van der Waals surface area contributed by atoms with E-state index in [2.05, 4.69) is 52.7 Å². The van der Waals surface area contributed by atoms with E-state index in [1.807, 2.05) is 76.1 Å². The van der Waals surface area contributed by atoms with Gasteiger partial charge in [-0.2, -0.15) is 7.82 Å². The molecule has 158 valence electrons. The van der Waals surface area contributed by atoms with Gasteiger partial charge in [0.05, 0.1) is 0 Å². The summed E-state index contributed by atoms with van der Waals surface area (Å²) in [6, 6.07) is 18.4. The lowest BCUT2D eigenvalue weighted by molar-refractivity contribution is -0.677. The molecule has 0 aliphatic rings. The highest BCUT2D eigenvalue weighted by atomic mass is 31.2. The summed E-state index contributed by atoms with van der Waals surface area (Å²) in [5.41, 5.74) is 3.85. The van der Waals surface area contributed by atoms with Crippen molar-refractivity contribution in [1.82, 2.24) is 0 Å². The first-order valence-electron chi connectivity index (χ1n) is 8.88. The fourth-order valence-corrected chi connectivity index (χ4v) is 1.83. The molecule has 0 saturated heterocycles. The van der Waals surface area contributed by atoms with E-state index in [0.717, 1.165) is 0 Å². The van der Waals surface area contributed by atoms with Crippen LogP contribution in [0.4, 0.5) is 0 Å². The molecule has 0 radical (unpaired) electrons. The Labute approximate surface area is 173 Å². The molecular weight excluding hydrogens is 389 g/mol. The van der Waals surface area contributed by atoms with Gasteiger partial charge in [-0.25, -0.2) is 13.7 Å². The van der Waals surface area contributed by atoms with Gasteiger partial charge < -0.3 is 19.2 Å². The van der Waals surface area contributed by atoms with Crippen molar-refractivity contribution >= 4 is 7.82 Å². The van der Waals surface area contributed by atoms with Crippen LogP contribution in [-0.4, -0.2) is 0 Å². The molecule has 0 saturated carbocycles. The number of hydrogen-bond donors (Lipinski definition) is 0. The number of hydrogen-bond acceptors (Lipinski definition) is 4. The lowest BCUT2D eigenvalue weighted by Gasteiger charge is -2.36. The van der Waals surface area contributed by atoms with Crippen LogP contribution < -0.4 is 28.4 Å². The minimum atomic E-state index is -5.39. The highest BCUT2D eigenvalue weighted by Gasteiger charge is 1.93. The Bertz CT molecular complexity index is 739. The molecule has 3 rings (SSSR count). The molecule has 3 aromatic heterocycles. The lowest BCUT2D eigenvalue weighted by atomic mass is 10.4. The fourth-order valence-electron chi connectivity index (χ4n) is 1.83. The van der Waals surface area contributed by atoms with Gasteiger partial charge in [0.15, 0.2) is 35.7 Å². The van der Waals surface area contributed by atoms with Gasteiger partial charge in [-0.05, 0) is 0 Å². The van der Waals surface area contributed by atoms with Crippen molar-refractivity contribution in [3.05, 3.63) is 90.3 Å². The van der Waals surface area contributed by atoms with Crippen LogP contribution in [0.5, 0.6) is 0 Å². The summed E-state index contributed by atoms with van der Waals surface area (Å²) < 4.78 is 14.8. The van der Waals surface area contributed by atoms with Gasteiger partial charge in [0, 0.05) is 57.2 Å². The third-order valence-electron chi connectivity index (χ3n) is 3.94. The molecule has 8 heteroatoms. The van der Waals surface area contributed by atoms with Gasteiger partial charge in [0.1, 0.15) is 21.1 Å². The van der Waals surface area contributed by atoms with Crippen LogP contribution in [0.15, 0.2) is 73.2 Å². The summed E-state index contributed by atoms with van der Waals surface area (Å²) in [6.07, 6.45) is 6.11. The number of aryl methyl sites for hydroxylation is 6. The zero-order valence-electron chi connectivity index (χ0n) is 17.9. The van der Waals surface area contributed by atoms with E-state index in [9.17, 15) is 0 Å². The van der Waals surface area contributed by atoms with E-state index in [1.54, 1.807) is 0 Å². The molecule has 0 N–H and O–H groups in total. The van der Waals surface area contributed by atoms with Crippen molar-refractivity contribution in [2.24, 2.45) is 21.1 Å². The first-order chi connectivity index (χ1) is 13.4. The summed E-state index contributed by atoms with van der Waals surface area (Å²) in [5.74, 6) is 0. The van der Waals surface area contributed by atoms with E-state index < -0.39 is 7.82 Å². The van der Waals surface area contributed by atoms with Crippen molar-refractivity contribution in [2.45, 2.75) is 20.8 Å². The summed E-state index contributed by atoms with van der Waals surface area (Å²) in [6.45, 7) is 6.25. The monoisotopic (exact) mass is 419 g/mol. The summed E-state index contributed by atoms with van der Waals surface area (Å²) in [5, 5.41) is 0. The summed E-state index contributed by atoms with van der Waals surface area (Å²) in [4.78, 5) is 25.6. The van der Waals surface area contributed by atoms with Crippen molar-refractivity contribution in [2.75, 3.05) is 0 Å². The van der Waals surface area contributed by atoms with Crippen molar-refractivity contribution in [3.63, 3.8) is 0 Å². The molecule has 3 aromatic rings. The predicted molar refractivity (Wildman–Crippen MR) is 105 cm³/mol. The van der Waals surface area contributed by atoms with Gasteiger partial charge in [0.25, 0.3) is 0 Å². The minimum Gasteiger partial charge on any atom is -0.822 e. The minimum absolute atomic E-state index is 1.28. The molecule has 0 aliphatic carbocycles. The number of pyridine rings is 3. The molecule has 0 atom stereocenters. The second-order valence-electron chi connectivity index (χ2n) is 6.31. The molecule has 0 unspecified atom stereocenters. The number of nitrogens with zero attached hydrogens (tertiary/aromatic N) is 3. The second kappa shape index (κ2) is 13.7. The number of phosphoric acid groups is 1. The zero-order valence-corrected chi connectivity index (χ0v) is 18.7. The van der Waals surface area contributed by atoms with Crippen molar-refractivity contribution in [3.8, 4) is 0 Å². The maximum absolute atomic E-state index is 8.55. The summed E-state index contributed by atoms with van der Waals surface area (Å²) >= 11 is 0. The van der Waals surface area contributed by atoms with Crippen LogP contribution in [0.1, 0.15) is 17.1 Å². The number of rotatable bonds is 0. The SMILES string of the molecule is Cc1cccc[n+]1C.Cc1cccc[n+]1C.Cc1cccc[n+]1C.O=P([O-])([O-])[O-]. The maximum Gasteiger partial charge on any atom is 0.177 e. The Morgan fingerprint density at radius 1 is 0.586 bits per heavy atom. The third kappa shape index (κ3) is 15.2. The lowest BCUT2D eigenvalue weighted by Crippen LogP contribution is -2.30. The zero-order chi connectivity index (χ0) is 22.4. The van der Waals surface area contributed by atoms with Crippen LogP contribution in [0.25, 0.3) is 0 Å². The molecule has 0 spiro atoms. The Kier molecular flexibility index (Phi) is 12.5. The normalized spacial score (nSPS) is 9.69. The molecular formula is C21H30N3O4P. The van der Waals surface area contributed by atoms with Gasteiger partial charge >= 0.3 is 0 Å². The van der Waals surface area contributed by atoms with E-state index in [-0.39, 0.29) is 0 Å². The van der Waals surface area contributed by atoms with E-state index in [1.165, 1.54) is 17.1 Å². The molecule has 3 heterocycles. The Morgan fingerprint density at radius 3 is 0.897 bits per heavy atom. The average Bonchev–Trinajstić information content (AvgIpc) is 2.62. The highest BCUT2D eigenvalue weighted by molar-refractivity contribution is 7.40. The van der Waals surface area contributed by atoms with E-state index in [0.29, 0.717) is 0 Å². The topological polar surface area (TPSA) is 97.9 Å². The molecule has 0 aromatic carbocycles. The maximum atomic E-state index is 8.55. The highest BCUT2D eigenvalue weighted by Crippen LogP contribution is 2.03.